The fraction of sp³-hybridized carbons (Fsp3) is 0.364. The summed E-state index contributed by atoms with van der Waals surface area (Å²) in [6.45, 7) is 2.69. The summed E-state index contributed by atoms with van der Waals surface area (Å²) in [5.74, 6) is 0.129. The molecule has 0 amide bonds. The number of aryl methyl sites for hydroxylation is 1. The Morgan fingerprint density at radius 3 is 2.88 bits per heavy atom. The van der Waals surface area contributed by atoms with Crippen LogP contribution in [0.4, 0.5) is 4.39 Å². The number of aromatic nitrogens is 5. The highest BCUT2D eigenvalue weighted by Gasteiger charge is 2.44. The van der Waals surface area contributed by atoms with E-state index >= 15 is 4.39 Å². The molecule has 1 aromatic carbocycles. The maximum absolute atomic E-state index is 15.2. The molecule has 0 saturated heterocycles. The number of thiazole rings is 1. The van der Waals surface area contributed by atoms with Gasteiger partial charge in [-0.3, -0.25) is 9.48 Å². The Labute approximate surface area is 186 Å². The van der Waals surface area contributed by atoms with Crippen molar-refractivity contribution in [1.29, 1.82) is 5.26 Å². The van der Waals surface area contributed by atoms with Crippen LogP contribution in [0.2, 0.25) is 0 Å². The number of Topliss-reactive ketones (excluding diaryl/α,β-unsaturated/α-hetero) is 1. The van der Waals surface area contributed by atoms with Crippen LogP contribution in [0.15, 0.2) is 28.9 Å². The zero-order valence-electron chi connectivity index (χ0n) is 17.3. The van der Waals surface area contributed by atoms with E-state index in [4.69, 9.17) is 9.68 Å². The number of hydrogen-bond acceptors (Lipinski definition) is 8. The van der Waals surface area contributed by atoms with Gasteiger partial charge in [-0.15, -0.1) is 21.5 Å². The Kier molecular flexibility index (Phi) is 5.06. The fourth-order valence-electron chi connectivity index (χ4n) is 3.63. The van der Waals surface area contributed by atoms with Crippen LogP contribution < -0.4 is 0 Å². The lowest BCUT2D eigenvalue weighted by Gasteiger charge is -2.01. The summed E-state index contributed by atoms with van der Waals surface area (Å²) in [6, 6.07) is 5.71. The van der Waals surface area contributed by atoms with Crippen LogP contribution in [0.3, 0.4) is 0 Å². The van der Waals surface area contributed by atoms with Crippen molar-refractivity contribution < 1.29 is 13.6 Å². The summed E-state index contributed by atoms with van der Waals surface area (Å²) in [7, 11) is 0. The van der Waals surface area contributed by atoms with Gasteiger partial charge in [0.25, 0.3) is 0 Å². The summed E-state index contributed by atoms with van der Waals surface area (Å²) in [5.41, 5.74) is 1.28. The number of halogens is 1. The first-order valence-corrected chi connectivity index (χ1v) is 11.2. The maximum Gasteiger partial charge on any atom is 0.223 e. The first-order chi connectivity index (χ1) is 15.5. The van der Waals surface area contributed by atoms with E-state index in [1.165, 1.54) is 11.3 Å². The van der Waals surface area contributed by atoms with E-state index in [2.05, 4.69) is 26.3 Å². The molecule has 4 aromatic rings. The van der Waals surface area contributed by atoms with Crippen LogP contribution in [0.1, 0.15) is 43.0 Å². The van der Waals surface area contributed by atoms with Crippen molar-refractivity contribution in [3.05, 3.63) is 47.1 Å². The first-order valence-electron chi connectivity index (χ1n) is 10.3. The Morgan fingerprint density at radius 1 is 1.34 bits per heavy atom. The van der Waals surface area contributed by atoms with Crippen LogP contribution in [0.25, 0.3) is 21.3 Å². The quantitative estimate of drug-likeness (QED) is 0.397. The van der Waals surface area contributed by atoms with Crippen molar-refractivity contribution in [3.63, 3.8) is 0 Å². The summed E-state index contributed by atoms with van der Waals surface area (Å²) in [6.07, 6.45) is 5.48. The summed E-state index contributed by atoms with van der Waals surface area (Å²) in [4.78, 5) is 16.7. The lowest BCUT2D eigenvalue weighted by atomic mass is 10.00. The Morgan fingerprint density at radius 2 is 2.16 bits per heavy atom. The van der Waals surface area contributed by atoms with E-state index in [0.717, 1.165) is 18.4 Å². The molecule has 32 heavy (non-hydrogen) atoms. The standard InChI is InChI=1S/C22H19FN6O2S/c1-2-29-11-13(10-25-29)15-3-4-16-21(20(15)23)32-19(26-16)8-18-28-27-17(31-18)7-14(30)9-22(12-24)5-6-22/h3-4,10-11H,2,5-9H2,1H3. The monoisotopic (exact) mass is 450 g/mol. The fourth-order valence-corrected chi connectivity index (χ4v) is 4.62. The average molecular weight is 450 g/mol. The first kappa shape index (κ1) is 20.5. The Bertz CT molecular complexity index is 1360. The molecule has 1 aliphatic carbocycles. The molecule has 0 bridgehead atoms. The molecule has 162 valence electrons. The van der Waals surface area contributed by atoms with Gasteiger partial charge in [0.05, 0.1) is 40.7 Å². The van der Waals surface area contributed by atoms with Crippen molar-refractivity contribution in [2.24, 2.45) is 5.41 Å². The van der Waals surface area contributed by atoms with Crippen molar-refractivity contribution in [2.45, 2.75) is 45.6 Å². The van der Waals surface area contributed by atoms with Gasteiger partial charge in [-0.2, -0.15) is 10.4 Å². The molecule has 0 unspecified atom stereocenters. The van der Waals surface area contributed by atoms with Gasteiger partial charge < -0.3 is 4.42 Å². The zero-order chi connectivity index (χ0) is 22.3. The van der Waals surface area contributed by atoms with E-state index < -0.39 is 5.41 Å². The van der Waals surface area contributed by atoms with E-state index in [0.29, 0.717) is 33.2 Å². The van der Waals surface area contributed by atoms with E-state index in [1.807, 2.05) is 13.1 Å². The minimum Gasteiger partial charge on any atom is -0.424 e. The third kappa shape index (κ3) is 3.91. The van der Waals surface area contributed by atoms with Crippen LogP contribution in [0, 0.1) is 22.6 Å². The molecular weight excluding hydrogens is 431 g/mol. The van der Waals surface area contributed by atoms with Gasteiger partial charge in [0.2, 0.25) is 11.8 Å². The largest absolute Gasteiger partial charge is 0.424 e. The Hall–Kier alpha value is -3.45. The molecule has 10 heteroatoms. The molecule has 8 nitrogen and oxygen atoms in total. The molecule has 3 heterocycles. The molecular formula is C22H19FN6O2S. The van der Waals surface area contributed by atoms with E-state index in [1.54, 1.807) is 23.0 Å². The lowest BCUT2D eigenvalue weighted by molar-refractivity contribution is -0.119. The minimum absolute atomic E-state index is 0.0136. The highest BCUT2D eigenvalue weighted by molar-refractivity contribution is 7.18. The van der Waals surface area contributed by atoms with Crippen LogP contribution >= 0.6 is 11.3 Å². The highest BCUT2D eigenvalue weighted by Crippen LogP contribution is 2.48. The smallest absolute Gasteiger partial charge is 0.223 e. The molecule has 0 N–H and O–H groups in total. The van der Waals surface area contributed by atoms with Crippen molar-refractivity contribution >= 4 is 27.3 Å². The molecule has 1 fully saturated rings. The predicted octanol–water partition coefficient (Wildman–Crippen LogP) is 4.10. The topological polar surface area (TPSA) is 110 Å². The molecule has 5 rings (SSSR count). The average Bonchev–Trinajstić information content (AvgIpc) is 3.15. The van der Waals surface area contributed by atoms with Crippen molar-refractivity contribution in [2.75, 3.05) is 0 Å². The van der Waals surface area contributed by atoms with E-state index in [9.17, 15) is 4.79 Å². The van der Waals surface area contributed by atoms with Crippen molar-refractivity contribution in [3.8, 4) is 17.2 Å². The zero-order valence-corrected chi connectivity index (χ0v) is 18.2. The second kappa shape index (κ2) is 7.91. The maximum atomic E-state index is 15.2. The highest BCUT2D eigenvalue weighted by atomic mass is 32.1. The number of carbonyl (C=O) groups is 1. The Balaban J connectivity index is 1.31. The summed E-state index contributed by atoms with van der Waals surface area (Å²) in [5, 5.41) is 21.9. The van der Waals surface area contributed by atoms with Gasteiger partial charge in [0, 0.05) is 30.3 Å². The van der Waals surface area contributed by atoms with Crippen LogP contribution in [-0.4, -0.2) is 30.7 Å². The molecule has 0 aliphatic heterocycles. The van der Waals surface area contributed by atoms with Gasteiger partial charge in [-0.05, 0) is 31.9 Å². The van der Waals surface area contributed by atoms with Crippen LogP contribution in [0.5, 0.6) is 0 Å². The summed E-state index contributed by atoms with van der Waals surface area (Å²) < 4.78 is 23.0. The second-order valence-electron chi connectivity index (χ2n) is 8.02. The lowest BCUT2D eigenvalue weighted by Crippen LogP contribution is -2.10. The summed E-state index contributed by atoms with van der Waals surface area (Å²) >= 11 is 1.24. The van der Waals surface area contributed by atoms with Gasteiger partial charge in [-0.25, -0.2) is 9.37 Å². The third-order valence-electron chi connectivity index (χ3n) is 5.60. The number of nitrogens with zero attached hydrogens (tertiary/aromatic N) is 6. The van der Waals surface area contributed by atoms with Gasteiger partial charge >= 0.3 is 0 Å². The minimum atomic E-state index is -0.487. The normalized spacial score (nSPS) is 14.5. The number of carbonyl (C=O) groups excluding carboxylic acids is 1. The molecule has 1 aliphatic rings. The molecule has 1 saturated carbocycles. The number of ketones is 1. The second-order valence-corrected chi connectivity index (χ2v) is 9.10. The van der Waals surface area contributed by atoms with Crippen molar-refractivity contribution in [1.82, 2.24) is 25.0 Å². The number of benzene rings is 1. The number of hydrogen-bond donors (Lipinski definition) is 0. The van der Waals surface area contributed by atoms with Gasteiger partial charge in [0.1, 0.15) is 10.8 Å². The van der Waals surface area contributed by atoms with Gasteiger partial charge in [-0.1, -0.05) is 0 Å². The number of nitriles is 1. The number of rotatable bonds is 8. The molecule has 0 atom stereocenters. The molecule has 0 spiro atoms. The predicted molar refractivity (Wildman–Crippen MR) is 114 cm³/mol. The van der Waals surface area contributed by atoms with Crippen LogP contribution in [-0.2, 0) is 24.2 Å². The SMILES string of the molecule is CCn1cc(-c2ccc3nc(Cc4nnc(CC(=O)CC5(C#N)CC5)o4)sc3c2F)cn1. The number of fused-ring (bicyclic) bond motifs is 1. The third-order valence-corrected chi connectivity index (χ3v) is 6.66. The van der Waals surface area contributed by atoms with E-state index in [-0.39, 0.29) is 36.8 Å². The molecule has 3 aromatic heterocycles. The molecule has 0 radical (unpaired) electrons. The van der Waals surface area contributed by atoms with Gasteiger partial charge in [0.15, 0.2) is 5.82 Å².